The Morgan fingerprint density at radius 2 is 2.44 bits per heavy atom. The molecule has 2 N–H and O–H groups in total. The molecule has 3 nitrogen and oxygen atoms in total. The van der Waals surface area contributed by atoms with Crippen LogP contribution in [0.25, 0.3) is 0 Å². The summed E-state index contributed by atoms with van der Waals surface area (Å²) in [5.74, 6) is 1.07. The molecule has 0 aliphatic carbocycles. The van der Waals surface area contributed by atoms with Gasteiger partial charge in [0.2, 0.25) is 0 Å². The van der Waals surface area contributed by atoms with Crippen molar-refractivity contribution in [2.24, 2.45) is 0 Å². The first kappa shape index (κ1) is 13.6. The quantitative estimate of drug-likeness (QED) is 0.781. The molecular formula is C15H26N2O. The van der Waals surface area contributed by atoms with E-state index in [2.05, 4.69) is 24.5 Å². The molecule has 1 aromatic heterocycles. The van der Waals surface area contributed by atoms with Gasteiger partial charge in [-0.3, -0.25) is 0 Å². The number of furan rings is 1. The van der Waals surface area contributed by atoms with Crippen molar-refractivity contribution in [1.82, 2.24) is 10.6 Å². The second kappa shape index (κ2) is 6.39. The van der Waals surface area contributed by atoms with Crippen LogP contribution >= 0.6 is 0 Å². The van der Waals surface area contributed by atoms with Crippen molar-refractivity contribution in [3.63, 3.8) is 0 Å². The Balaban J connectivity index is 1.78. The van der Waals surface area contributed by atoms with Gasteiger partial charge in [-0.1, -0.05) is 13.3 Å². The third-order valence-electron chi connectivity index (χ3n) is 3.94. The zero-order valence-electron chi connectivity index (χ0n) is 11.7. The van der Waals surface area contributed by atoms with E-state index in [1.165, 1.54) is 32.2 Å². The summed E-state index contributed by atoms with van der Waals surface area (Å²) in [7, 11) is 0. The number of hydrogen-bond acceptors (Lipinski definition) is 3. The molecule has 3 heteroatoms. The minimum atomic E-state index is 0.339. The zero-order valence-corrected chi connectivity index (χ0v) is 11.7. The molecule has 0 aromatic carbocycles. The van der Waals surface area contributed by atoms with Gasteiger partial charge in [-0.15, -0.1) is 0 Å². The maximum absolute atomic E-state index is 5.39. The van der Waals surface area contributed by atoms with Crippen LogP contribution in [0.1, 0.15) is 45.3 Å². The van der Waals surface area contributed by atoms with Crippen LogP contribution in [0, 0.1) is 0 Å². The Labute approximate surface area is 110 Å². The normalized spacial score (nSPS) is 25.4. The third kappa shape index (κ3) is 3.59. The van der Waals surface area contributed by atoms with Gasteiger partial charge in [-0.05, 0) is 44.9 Å². The smallest absolute Gasteiger partial charge is 0.105 e. The van der Waals surface area contributed by atoms with Gasteiger partial charge < -0.3 is 15.1 Å². The highest BCUT2D eigenvalue weighted by atomic mass is 16.3. The maximum atomic E-state index is 5.39. The van der Waals surface area contributed by atoms with Crippen LogP contribution in [0.3, 0.4) is 0 Å². The Kier molecular flexibility index (Phi) is 4.84. The largest absolute Gasteiger partial charge is 0.469 e. The summed E-state index contributed by atoms with van der Waals surface area (Å²) < 4.78 is 5.39. The highest BCUT2D eigenvalue weighted by Crippen LogP contribution is 2.24. The first-order valence-corrected chi connectivity index (χ1v) is 7.25. The molecular weight excluding hydrogens is 224 g/mol. The second-order valence-electron chi connectivity index (χ2n) is 5.63. The van der Waals surface area contributed by atoms with E-state index in [-0.39, 0.29) is 0 Å². The zero-order chi connectivity index (χ0) is 12.8. The molecule has 0 radical (unpaired) electrons. The van der Waals surface area contributed by atoms with Gasteiger partial charge in [0.05, 0.1) is 6.26 Å². The predicted molar refractivity (Wildman–Crippen MR) is 74.8 cm³/mol. The first-order chi connectivity index (χ1) is 8.74. The van der Waals surface area contributed by atoms with Crippen LogP contribution in [0.5, 0.6) is 0 Å². The Bertz CT molecular complexity index is 328. The van der Waals surface area contributed by atoms with E-state index in [1.54, 1.807) is 6.26 Å². The summed E-state index contributed by atoms with van der Waals surface area (Å²) in [5, 5.41) is 7.37. The molecule has 2 atom stereocenters. The van der Waals surface area contributed by atoms with E-state index in [0.29, 0.717) is 11.6 Å². The number of hydrogen-bond donors (Lipinski definition) is 2. The fraction of sp³-hybridized carbons (Fsp3) is 0.733. The first-order valence-electron chi connectivity index (χ1n) is 7.25. The number of rotatable bonds is 7. The molecule has 1 aliphatic rings. The van der Waals surface area contributed by atoms with Crippen LogP contribution in [0.4, 0.5) is 0 Å². The van der Waals surface area contributed by atoms with Gasteiger partial charge >= 0.3 is 0 Å². The molecule has 0 saturated carbocycles. The average molecular weight is 250 g/mol. The van der Waals surface area contributed by atoms with E-state index in [9.17, 15) is 0 Å². The van der Waals surface area contributed by atoms with Crippen molar-refractivity contribution in [3.8, 4) is 0 Å². The molecule has 1 fully saturated rings. The van der Waals surface area contributed by atoms with E-state index in [4.69, 9.17) is 4.42 Å². The standard InChI is InChI=1S/C15H26N2O/c1-3-7-15(8-5-9-17-15)12-16-13(2)11-14-6-4-10-18-14/h4,6,10,13,16-17H,3,5,7-9,11-12H2,1-2H3. The Hall–Kier alpha value is -0.800. The topological polar surface area (TPSA) is 37.2 Å². The van der Waals surface area contributed by atoms with E-state index in [1.807, 2.05) is 12.1 Å². The second-order valence-corrected chi connectivity index (χ2v) is 5.63. The predicted octanol–water partition coefficient (Wildman–Crippen LogP) is 2.72. The lowest BCUT2D eigenvalue weighted by atomic mass is 9.91. The highest BCUT2D eigenvalue weighted by Gasteiger charge is 2.32. The van der Waals surface area contributed by atoms with Gasteiger partial charge in [0.1, 0.15) is 5.76 Å². The van der Waals surface area contributed by atoms with Crippen molar-refractivity contribution < 1.29 is 4.42 Å². The Morgan fingerprint density at radius 1 is 1.56 bits per heavy atom. The van der Waals surface area contributed by atoms with Gasteiger partial charge in [0.15, 0.2) is 0 Å². The van der Waals surface area contributed by atoms with Crippen LogP contribution in [0.2, 0.25) is 0 Å². The lowest BCUT2D eigenvalue weighted by molar-refractivity contribution is 0.308. The van der Waals surface area contributed by atoms with Gasteiger partial charge in [-0.2, -0.15) is 0 Å². The summed E-state index contributed by atoms with van der Waals surface area (Å²) in [6.07, 6.45) is 7.86. The number of nitrogens with one attached hydrogen (secondary N) is 2. The maximum Gasteiger partial charge on any atom is 0.105 e. The summed E-state index contributed by atoms with van der Waals surface area (Å²) in [6.45, 7) is 6.75. The highest BCUT2D eigenvalue weighted by molar-refractivity contribution is 5.01. The molecule has 2 rings (SSSR count). The fourth-order valence-electron chi connectivity index (χ4n) is 2.97. The van der Waals surface area contributed by atoms with Crippen LogP contribution < -0.4 is 10.6 Å². The summed E-state index contributed by atoms with van der Waals surface area (Å²) in [4.78, 5) is 0. The van der Waals surface area contributed by atoms with Crippen molar-refractivity contribution in [2.75, 3.05) is 13.1 Å². The molecule has 2 unspecified atom stereocenters. The van der Waals surface area contributed by atoms with Crippen LogP contribution in [0.15, 0.2) is 22.8 Å². The van der Waals surface area contributed by atoms with E-state index >= 15 is 0 Å². The van der Waals surface area contributed by atoms with Crippen molar-refractivity contribution >= 4 is 0 Å². The van der Waals surface area contributed by atoms with Crippen molar-refractivity contribution in [1.29, 1.82) is 0 Å². The molecule has 1 aliphatic heterocycles. The molecule has 2 heterocycles. The average Bonchev–Trinajstić information content (AvgIpc) is 2.99. The lowest BCUT2D eigenvalue weighted by Gasteiger charge is -2.31. The monoisotopic (exact) mass is 250 g/mol. The third-order valence-corrected chi connectivity index (χ3v) is 3.94. The minimum absolute atomic E-state index is 0.339. The molecule has 0 bridgehead atoms. The summed E-state index contributed by atoms with van der Waals surface area (Å²) in [5.41, 5.74) is 0.339. The molecule has 1 aromatic rings. The minimum Gasteiger partial charge on any atom is -0.469 e. The molecule has 0 spiro atoms. The molecule has 102 valence electrons. The van der Waals surface area contributed by atoms with Crippen molar-refractivity contribution in [3.05, 3.63) is 24.2 Å². The fourth-order valence-corrected chi connectivity index (χ4v) is 2.97. The van der Waals surface area contributed by atoms with Gasteiger partial charge in [0, 0.05) is 24.5 Å². The van der Waals surface area contributed by atoms with Crippen LogP contribution in [-0.2, 0) is 6.42 Å². The van der Waals surface area contributed by atoms with Crippen LogP contribution in [-0.4, -0.2) is 24.7 Å². The van der Waals surface area contributed by atoms with Gasteiger partial charge in [-0.25, -0.2) is 0 Å². The lowest BCUT2D eigenvalue weighted by Crippen LogP contribution is -2.50. The van der Waals surface area contributed by atoms with Crippen molar-refractivity contribution in [2.45, 2.75) is 57.5 Å². The Morgan fingerprint density at radius 3 is 3.06 bits per heavy atom. The molecule has 18 heavy (non-hydrogen) atoms. The summed E-state index contributed by atoms with van der Waals surface area (Å²) >= 11 is 0. The van der Waals surface area contributed by atoms with Gasteiger partial charge in [0.25, 0.3) is 0 Å². The molecule has 0 amide bonds. The van der Waals surface area contributed by atoms with E-state index in [0.717, 1.165) is 18.7 Å². The summed E-state index contributed by atoms with van der Waals surface area (Å²) in [6, 6.07) is 4.47. The molecule has 1 saturated heterocycles. The SMILES string of the molecule is CCCC1(CNC(C)Cc2ccco2)CCCN1. The van der Waals surface area contributed by atoms with E-state index < -0.39 is 0 Å².